The molecule has 0 aromatic heterocycles. The molecule has 0 spiro atoms. The van der Waals surface area contributed by atoms with Crippen LogP contribution in [0.5, 0.6) is 0 Å². The Balaban J connectivity index is 5.44. The zero-order valence-corrected chi connectivity index (χ0v) is 35.8. The third-order valence-electron chi connectivity index (χ3n) is 10.9. The molecule has 0 aliphatic carbocycles. The third kappa shape index (κ3) is 27.0. The highest BCUT2D eigenvalue weighted by molar-refractivity contribution is 5.77. The number of nitrogens with zero attached hydrogens (tertiary/aromatic N) is 2. The molecule has 0 aliphatic rings. The number of carbonyl (C=O) groups excluding carboxylic acids is 3. The molecule has 0 heterocycles. The standard InChI is InChI=1S/C45H88N2O5/c1-8-14-18-22-24-28-32-41(30-26-20-16-10-3)44(49)51-37-35-47(43(48)39-40(7)46(13-6)34-12-5)36-38-52-45(50)42(31-27-21-17-11-4)33-29-25-23-19-15-9-2/h40-42H,8-39H2,1-7H3. The minimum atomic E-state index is -0.113. The van der Waals surface area contributed by atoms with Crippen molar-refractivity contribution in [3.63, 3.8) is 0 Å². The maximum Gasteiger partial charge on any atom is 0.308 e. The minimum Gasteiger partial charge on any atom is -0.464 e. The summed E-state index contributed by atoms with van der Waals surface area (Å²) in [7, 11) is 0. The lowest BCUT2D eigenvalue weighted by Crippen LogP contribution is -2.42. The van der Waals surface area contributed by atoms with Gasteiger partial charge in [0, 0.05) is 12.5 Å². The van der Waals surface area contributed by atoms with Crippen LogP contribution in [0.25, 0.3) is 0 Å². The second-order valence-electron chi connectivity index (χ2n) is 15.6. The van der Waals surface area contributed by atoms with Crippen molar-refractivity contribution >= 4 is 17.8 Å². The Morgan fingerprint density at radius 1 is 0.462 bits per heavy atom. The van der Waals surface area contributed by atoms with E-state index in [9.17, 15) is 14.4 Å². The van der Waals surface area contributed by atoms with E-state index >= 15 is 0 Å². The van der Waals surface area contributed by atoms with Crippen molar-refractivity contribution in [2.75, 3.05) is 39.4 Å². The van der Waals surface area contributed by atoms with Crippen molar-refractivity contribution in [1.82, 2.24) is 9.80 Å². The van der Waals surface area contributed by atoms with Crippen LogP contribution in [-0.2, 0) is 23.9 Å². The molecule has 7 nitrogen and oxygen atoms in total. The Kier molecular flexibility index (Phi) is 35.2. The highest BCUT2D eigenvalue weighted by Gasteiger charge is 2.24. The fourth-order valence-electron chi connectivity index (χ4n) is 7.34. The van der Waals surface area contributed by atoms with E-state index in [-0.39, 0.29) is 48.9 Å². The van der Waals surface area contributed by atoms with Gasteiger partial charge in [-0.3, -0.25) is 14.4 Å². The average Bonchev–Trinajstić information content (AvgIpc) is 3.14. The molecule has 3 atom stereocenters. The molecule has 3 unspecified atom stereocenters. The molecular formula is C45H88N2O5. The number of hydrogen-bond donors (Lipinski definition) is 0. The predicted molar refractivity (Wildman–Crippen MR) is 221 cm³/mol. The fraction of sp³-hybridized carbons (Fsp3) is 0.933. The Morgan fingerprint density at radius 3 is 1.15 bits per heavy atom. The lowest BCUT2D eigenvalue weighted by molar-refractivity contribution is -0.152. The molecule has 0 aromatic carbocycles. The molecule has 0 N–H and O–H groups in total. The molecule has 52 heavy (non-hydrogen) atoms. The van der Waals surface area contributed by atoms with Gasteiger partial charge in [-0.05, 0) is 52.1 Å². The maximum atomic E-state index is 13.7. The Labute approximate surface area is 323 Å². The van der Waals surface area contributed by atoms with Crippen molar-refractivity contribution in [1.29, 1.82) is 0 Å². The topological polar surface area (TPSA) is 76.1 Å². The van der Waals surface area contributed by atoms with Crippen LogP contribution in [0.4, 0.5) is 0 Å². The fourth-order valence-corrected chi connectivity index (χ4v) is 7.34. The van der Waals surface area contributed by atoms with Gasteiger partial charge in [0.15, 0.2) is 0 Å². The van der Waals surface area contributed by atoms with E-state index in [1.165, 1.54) is 89.9 Å². The summed E-state index contributed by atoms with van der Waals surface area (Å²) in [6.07, 6.45) is 28.7. The number of carbonyl (C=O) groups is 3. The normalized spacial score (nSPS) is 13.2. The van der Waals surface area contributed by atoms with Crippen LogP contribution in [0.15, 0.2) is 0 Å². The van der Waals surface area contributed by atoms with E-state index < -0.39 is 0 Å². The number of rotatable bonds is 38. The monoisotopic (exact) mass is 737 g/mol. The first-order chi connectivity index (χ1) is 25.3. The van der Waals surface area contributed by atoms with Crippen molar-refractivity contribution < 1.29 is 23.9 Å². The van der Waals surface area contributed by atoms with Gasteiger partial charge in [-0.15, -0.1) is 0 Å². The highest BCUT2D eigenvalue weighted by atomic mass is 16.5. The van der Waals surface area contributed by atoms with E-state index in [2.05, 4.69) is 53.4 Å². The van der Waals surface area contributed by atoms with Gasteiger partial charge < -0.3 is 19.3 Å². The third-order valence-corrected chi connectivity index (χ3v) is 10.9. The van der Waals surface area contributed by atoms with Crippen LogP contribution < -0.4 is 0 Å². The minimum absolute atomic E-state index is 0.0283. The zero-order valence-electron chi connectivity index (χ0n) is 35.8. The lowest BCUT2D eigenvalue weighted by atomic mass is 9.94. The van der Waals surface area contributed by atoms with Crippen molar-refractivity contribution in [2.24, 2.45) is 11.8 Å². The number of hydrogen-bond acceptors (Lipinski definition) is 6. The number of amides is 1. The summed E-state index contributed by atoms with van der Waals surface area (Å²) in [5, 5.41) is 0. The first-order valence-corrected chi connectivity index (χ1v) is 22.6. The van der Waals surface area contributed by atoms with Crippen LogP contribution in [0.3, 0.4) is 0 Å². The van der Waals surface area contributed by atoms with Crippen molar-refractivity contribution in [3.05, 3.63) is 0 Å². The summed E-state index contributed by atoms with van der Waals surface area (Å²) < 4.78 is 11.8. The first-order valence-electron chi connectivity index (χ1n) is 22.6. The summed E-state index contributed by atoms with van der Waals surface area (Å²) >= 11 is 0. The predicted octanol–water partition coefficient (Wildman–Crippen LogP) is 12.1. The van der Waals surface area contributed by atoms with E-state index in [0.717, 1.165) is 83.7 Å². The molecule has 7 heteroatoms. The van der Waals surface area contributed by atoms with Crippen molar-refractivity contribution in [2.45, 2.75) is 221 Å². The SMILES string of the molecule is CCCCCCCCC(CCCCCC)C(=O)OCCN(CCOC(=O)C(CCCCCC)CCCCCCCC)C(=O)CC(C)N(CC)CCC. The van der Waals surface area contributed by atoms with Gasteiger partial charge in [-0.1, -0.05) is 170 Å². The lowest BCUT2D eigenvalue weighted by Gasteiger charge is -2.30. The van der Waals surface area contributed by atoms with Gasteiger partial charge in [0.1, 0.15) is 13.2 Å². The van der Waals surface area contributed by atoms with Gasteiger partial charge >= 0.3 is 11.9 Å². The van der Waals surface area contributed by atoms with Crippen LogP contribution in [0.2, 0.25) is 0 Å². The molecule has 308 valence electrons. The van der Waals surface area contributed by atoms with Gasteiger partial charge in [-0.25, -0.2) is 0 Å². The molecule has 1 amide bonds. The summed E-state index contributed by atoms with van der Waals surface area (Å²) in [5.41, 5.74) is 0. The Bertz CT molecular complexity index is 787. The number of esters is 2. The summed E-state index contributed by atoms with van der Waals surface area (Å²) in [6.45, 7) is 18.2. The number of ether oxygens (including phenoxy) is 2. The summed E-state index contributed by atoms with van der Waals surface area (Å²) in [5.74, 6) is -0.334. The molecular weight excluding hydrogens is 649 g/mol. The summed E-state index contributed by atoms with van der Waals surface area (Å²) in [4.78, 5) is 44.6. The van der Waals surface area contributed by atoms with Crippen LogP contribution in [0.1, 0.15) is 215 Å². The van der Waals surface area contributed by atoms with E-state index in [0.29, 0.717) is 19.5 Å². The molecule has 0 saturated heterocycles. The molecule has 0 fully saturated rings. The van der Waals surface area contributed by atoms with Gasteiger partial charge in [0.25, 0.3) is 0 Å². The number of unbranched alkanes of at least 4 members (excludes halogenated alkanes) is 16. The quantitative estimate of drug-likeness (QED) is 0.0464. The second-order valence-corrected chi connectivity index (χ2v) is 15.6. The highest BCUT2D eigenvalue weighted by Crippen LogP contribution is 2.22. The van der Waals surface area contributed by atoms with Gasteiger partial charge in [-0.2, -0.15) is 0 Å². The molecule has 0 aliphatic heterocycles. The molecule has 0 saturated carbocycles. The Hall–Kier alpha value is -1.63. The molecule has 0 radical (unpaired) electrons. The molecule has 0 bridgehead atoms. The molecule has 0 aromatic rings. The smallest absolute Gasteiger partial charge is 0.308 e. The van der Waals surface area contributed by atoms with Gasteiger partial charge in [0.05, 0.1) is 24.9 Å². The van der Waals surface area contributed by atoms with Crippen molar-refractivity contribution in [3.8, 4) is 0 Å². The zero-order chi connectivity index (χ0) is 38.7. The van der Waals surface area contributed by atoms with E-state index in [1.807, 2.05) is 0 Å². The van der Waals surface area contributed by atoms with Gasteiger partial charge in [0.2, 0.25) is 5.91 Å². The largest absolute Gasteiger partial charge is 0.464 e. The van der Waals surface area contributed by atoms with Crippen LogP contribution >= 0.6 is 0 Å². The molecule has 0 rings (SSSR count). The summed E-state index contributed by atoms with van der Waals surface area (Å²) in [6, 6.07) is 0.111. The average molecular weight is 737 g/mol. The second kappa shape index (κ2) is 36.4. The maximum absolute atomic E-state index is 13.7. The Morgan fingerprint density at radius 2 is 0.808 bits per heavy atom. The van der Waals surface area contributed by atoms with Crippen LogP contribution in [0, 0.1) is 11.8 Å². The first kappa shape index (κ1) is 50.4. The van der Waals surface area contributed by atoms with Crippen LogP contribution in [-0.4, -0.2) is 73.1 Å². The van der Waals surface area contributed by atoms with E-state index in [4.69, 9.17) is 9.47 Å². The van der Waals surface area contributed by atoms with E-state index in [1.54, 1.807) is 4.90 Å².